The Labute approximate surface area is 165 Å². The number of hydrogen-bond acceptors (Lipinski definition) is 3. The van der Waals surface area contributed by atoms with Gasteiger partial charge in [-0.05, 0) is 51.3 Å². The van der Waals surface area contributed by atoms with Gasteiger partial charge in [0.1, 0.15) is 11.3 Å². The van der Waals surface area contributed by atoms with Crippen LogP contribution < -0.4 is 5.32 Å². The molecule has 0 aliphatic rings. The molecular weight excluding hydrogens is 355 g/mol. The Bertz CT molecular complexity index is 1010. The first-order chi connectivity index (χ1) is 13.2. The highest BCUT2D eigenvalue weighted by atomic mass is 19.1. The molecular formula is C22H27FN4O. The third-order valence-corrected chi connectivity index (χ3v) is 4.80. The molecule has 2 aromatic heterocycles. The van der Waals surface area contributed by atoms with Crippen LogP contribution in [0.3, 0.4) is 0 Å². The number of para-hydroxylation sites is 1. The zero-order valence-corrected chi connectivity index (χ0v) is 17.1. The maximum absolute atomic E-state index is 13.8. The smallest absolute Gasteiger partial charge is 0.253 e. The third kappa shape index (κ3) is 4.38. The van der Waals surface area contributed by atoms with E-state index in [0.717, 1.165) is 17.8 Å². The lowest BCUT2D eigenvalue weighted by atomic mass is 9.90. The first kappa shape index (κ1) is 20.0. The van der Waals surface area contributed by atoms with E-state index in [1.165, 1.54) is 12.3 Å². The fourth-order valence-electron chi connectivity index (χ4n) is 3.82. The van der Waals surface area contributed by atoms with Crippen molar-refractivity contribution in [2.24, 2.45) is 5.92 Å². The van der Waals surface area contributed by atoms with Gasteiger partial charge in [-0.15, -0.1) is 0 Å². The SMILES string of the molecule is Cc1cc(C)n(CC(C)(CC(C)C)NC(=O)c2cnc3c(F)cccc3c2)n1. The highest BCUT2D eigenvalue weighted by Crippen LogP contribution is 2.22. The average molecular weight is 382 g/mol. The number of carbonyl (C=O) groups excluding carboxylic acids is 1. The predicted molar refractivity (Wildman–Crippen MR) is 109 cm³/mol. The van der Waals surface area contributed by atoms with Crippen LogP contribution in [0.1, 0.15) is 48.9 Å². The number of hydrogen-bond donors (Lipinski definition) is 1. The normalized spacial score (nSPS) is 13.7. The van der Waals surface area contributed by atoms with E-state index in [-0.39, 0.29) is 11.4 Å². The number of benzene rings is 1. The number of aryl methyl sites for hydroxylation is 2. The Balaban J connectivity index is 1.87. The zero-order valence-electron chi connectivity index (χ0n) is 17.1. The Morgan fingerprint density at radius 3 is 2.68 bits per heavy atom. The second kappa shape index (κ2) is 7.70. The lowest BCUT2D eigenvalue weighted by Crippen LogP contribution is -2.50. The van der Waals surface area contributed by atoms with Crippen LogP contribution in [0, 0.1) is 25.6 Å². The van der Waals surface area contributed by atoms with Gasteiger partial charge in [0.25, 0.3) is 5.91 Å². The lowest BCUT2D eigenvalue weighted by molar-refractivity contribution is 0.0879. The summed E-state index contributed by atoms with van der Waals surface area (Å²) in [6, 6.07) is 8.45. The van der Waals surface area contributed by atoms with Gasteiger partial charge in [-0.1, -0.05) is 26.0 Å². The van der Waals surface area contributed by atoms with Crippen molar-refractivity contribution < 1.29 is 9.18 Å². The monoisotopic (exact) mass is 382 g/mol. The molecule has 28 heavy (non-hydrogen) atoms. The highest BCUT2D eigenvalue weighted by Gasteiger charge is 2.29. The van der Waals surface area contributed by atoms with Crippen molar-refractivity contribution >= 4 is 16.8 Å². The van der Waals surface area contributed by atoms with Crippen LogP contribution >= 0.6 is 0 Å². The summed E-state index contributed by atoms with van der Waals surface area (Å²) in [4.78, 5) is 17.1. The number of fused-ring (bicyclic) bond motifs is 1. The summed E-state index contributed by atoms with van der Waals surface area (Å²) in [7, 11) is 0. The zero-order chi connectivity index (χ0) is 20.5. The minimum absolute atomic E-state index is 0.219. The van der Waals surface area contributed by atoms with Crippen LogP contribution in [0.2, 0.25) is 0 Å². The van der Waals surface area contributed by atoms with Gasteiger partial charge in [-0.25, -0.2) is 4.39 Å². The van der Waals surface area contributed by atoms with Crippen LogP contribution in [0.5, 0.6) is 0 Å². The van der Waals surface area contributed by atoms with Crippen LogP contribution in [-0.2, 0) is 6.54 Å². The molecule has 0 aliphatic carbocycles. The number of rotatable bonds is 6. The molecule has 0 aliphatic heterocycles. The number of halogens is 1. The molecule has 3 aromatic rings. The minimum Gasteiger partial charge on any atom is -0.345 e. The summed E-state index contributed by atoms with van der Waals surface area (Å²) in [5, 5.41) is 8.32. The summed E-state index contributed by atoms with van der Waals surface area (Å²) in [6.45, 7) is 10.8. The standard InChI is InChI=1S/C22H27FN4O/c1-14(2)11-22(5,13-27-16(4)9-15(3)26-27)25-21(28)18-10-17-7-6-8-19(23)20(17)24-12-18/h6-10,12,14H,11,13H2,1-5H3,(H,25,28). The number of pyridine rings is 1. The predicted octanol–water partition coefficient (Wildman–Crippen LogP) is 4.42. The van der Waals surface area contributed by atoms with Gasteiger partial charge in [-0.3, -0.25) is 14.5 Å². The molecule has 1 unspecified atom stereocenters. The molecule has 1 atom stereocenters. The fraction of sp³-hybridized carbons (Fsp3) is 0.409. The van der Waals surface area contributed by atoms with Crippen molar-refractivity contribution in [3.8, 4) is 0 Å². The Morgan fingerprint density at radius 1 is 1.29 bits per heavy atom. The van der Waals surface area contributed by atoms with Crippen LogP contribution in [0.4, 0.5) is 4.39 Å². The van der Waals surface area contributed by atoms with Crippen molar-refractivity contribution in [1.29, 1.82) is 0 Å². The molecule has 1 aromatic carbocycles. The molecule has 1 amide bonds. The van der Waals surface area contributed by atoms with Gasteiger partial charge in [0, 0.05) is 17.3 Å². The third-order valence-electron chi connectivity index (χ3n) is 4.80. The number of amides is 1. The van der Waals surface area contributed by atoms with Gasteiger partial charge in [-0.2, -0.15) is 5.10 Å². The molecule has 6 heteroatoms. The lowest BCUT2D eigenvalue weighted by Gasteiger charge is -2.33. The van der Waals surface area contributed by atoms with Gasteiger partial charge in [0.2, 0.25) is 0 Å². The van der Waals surface area contributed by atoms with E-state index in [9.17, 15) is 9.18 Å². The summed E-state index contributed by atoms with van der Waals surface area (Å²) in [5.41, 5.74) is 2.22. The maximum atomic E-state index is 13.8. The first-order valence-corrected chi connectivity index (χ1v) is 9.55. The second-order valence-electron chi connectivity index (χ2n) is 8.23. The Hall–Kier alpha value is -2.76. The van der Waals surface area contributed by atoms with E-state index in [1.807, 2.05) is 31.5 Å². The van der Waals surface area contributed by atoms with E-state index in [1.54, 1.807) is 18.2 Å². The molecule has 148 valence electrons. The van der Waals surface area contributed by atoms with Gasteiger partial charge in [0.15, 0.2) is 0 Å². The summed E-state index contributed by atoms with van der Waals surface area (Å²) in [6.07, 6.45) is 2.23. The number of carbonyl (C=O) groups is 1. The van der Waals surface area contributed by atoms with Crippen molar-refractivity contribution in [1.82, 2.24) is 20.1 Å². The molecule has 0 spiro atoms. The molecule has 0 bridgehead atoms. The van der Waals surface area contributed by atoms with E-state index >= 15 is 0 Å². The van der Waals surface area contributed by atoms with E-state index < -0.39 is 11.4 Å². The number of nitrogens with one attached hydrogen (secondary N) is 1. The van der Waals surface area contributed by atoms with Crippen molar-refractivity contribution in [2.45, 2.75) is 53.1 Å². The van der Waals surface area contributed by atoms with Gasteiger partial charge in [0.05, 0.1) is 23.3 Å². The number of nitrogens with zero attached hydrogens (tertiary/aromatic N) is 3. The minimum atomic E-state index is -0.481. The summed E-state index contributed by atoms with van der Waals surface area (Å²) < 4.78 is 15.8. The molecule has 1 N–H and O–H groups in total. The fourth-order valence-corrected chi connectivity index (χ4v) is 3.82. The van der Waals surface area contributed by atoms with Gasteiger partial charge >= 0.3 is 0 Å². The van der Waals surface area contributed by atoms with Crippen molar-refractivity contribution in [3.05, 3.63) is 59.3 Å². The quantitative estimate of drug-likeness (QED) is 0.686. The van der Waals surface area contributed by atoms with Crippen LogP contribution in [0.25, 0.3) is 10.9 Å². The van der Waals surface area contributed by atoms with Gasteiger partial charge < -0.3 is 5.32 Å². The topological polar surface area (TPSA) is 59.8 Å². The molecule has 3 rings (SSSR count). The van der Waals surface area contributed by atoms with Crippen molar-refractivity contribution in [2.75, 3.05) is 0 Å². The van der Waals surface area contributed by atoms with E-state index in [2.05, 4.69) is 29.2 Å². The Morgan fingerprint density at radius 2 is 2.04 bits per heavy atom. The van der Waals surface area contributed by atoms with E-state index in [4.69, 9.17) is 0 Å². The van der Waals surface area contributed by atoms with E-state index in [0.29, 0.717) is 23.4 Å². The molecule has 0 saturated heterocycles. The Kier molecular flexibility index (Phi) is 5.49. The largest absolute Gasteiger partial charge is 0.345 e. The first-order valence-electron chi connectivity index (χ1n) is 9.55. The average Bonchev–Trinajstić information content (AvgIpc) is 2.90. The number of aromatic nitrogens is 3. The maximum Gasteiger partial charge on any atom is 0.253 e. The summed E-state index contributed by atoms with van der Waals surface area (Å²) >= 11 is 0. The summed E-state index contributed by atoms with van der Waals surface area (Å²) in [5.74, 6) is -0.215. The molecule has 0 radical (unpaired) electrons. The van der Waals surface area contributed by atoms with Crippen LogP contribution in [-0.4, -0.2) is 26.2 Å². The van der Waals surface area contributed by atoms with Crippen LogP contribution in [0.15, 0.2) is 36.5 Å². The molecule has 0 saturated carbocycles. The molecule has 2 heterocycles. The highest BCUT2D eigenvalue weighted by molar-refractivity contribution is 5.97. The van der Waals surface area contributed by atoms with Crippen molar-refractivity contribution in [3.63, 3.8) is 0 Å². The molecule has 0 fully saturated rings. The molecule has 5 nitrogen and oxygen atoms in total. The second-order valence-corrected chi connectivity index (χ2v) is 8.23.